The van der Waals surface area contributed by atoms with Gasteiger partial charge in [0, 0.05) is 0 Å². The summed E-state index contributed by atoms with van der Waals surface area (Å²) in [6.45, 7) is 5.57. The van der Waals surface area contributed by atoms with E-state index in [1.165, 1.54) is 32.1 Å². The van der Waals surface area contributed by atoms with Crippen molar-refractivity contribution in [2.75, 3.05) is 0 Å². The van der Waals surface area contributed by atoms with Crippen molar-refractivity contribution in [2.45, 2.75) is 65.3 Å². The maximum Gasteiger partial charge on any atom is 0.310 e. The molecule has 3 fully saturated rings. The normalized spacial score (nSPS) is 41.6. The molecule has 0 saturated heterocycles. The monoisotopic (exact) mass is 266 g/mol. The standard InChI is InChI=1S/C16H26O3/c1-9(2)16(17)19-10(3)18-15-8-11-7-14(15)13-6-4-5-12(11)13/h9-15H,4-8H2,1-3H3. The van der Waals surface area contributed by atoms with Crippen LogP contribution in [0, 0.1) is 29.6 Å². The van der Waals surface area contributed by atoms with Gasteiger partial charge in [0.25, 0.3) is 0 Å². The summed E-state index contributed by atoms with van der Waals surface area (Å²) in [5, 5.41) is 0. The van der Waals surface area contributed by atoms with E-state index in [1.807, 2.05) is 20.8 Å². The Bertz CT molecular complexity index is 352. The second-order valence-electron chi connectivity index (χ2n) is 6.99. The Morgan fingerprint density at radius 2 is 1.79 bits per heavy atom. The molecule has 3 saturated carbocycles. The molecule has 108 valence electrons. The van der Waals surface area contributed by atoms with Crippen LogP contribution in [0.5, 0.6) is 0 Å². The Kier molecular flexibility index (Phi) is 3.59. The summed E-state index contributed by atoms with van der Waals surface area (Å²) >= 11 is 0. The van der Waals surface area contributed by atoms with Gasteiger partial charge in [-0.3, -0.25) is 4.79 Å². The van der Waals surface area contributed by atoms with Gasteiger partial charge in [-0.05, 0) is 56.3 Å². The zero-order valence-corrected chi connectivity index (χ0v) is 12.3. The van der Waals surface area contributed by atoms with Gasteiger partial charge >= 0.3 is 5.97 Å². The zero-order valence-electron chi connectivity index (χ0n) is 12.3. The molecular formula is C16H26O3. The molecule has 6 unspecified atom stereocenters. The lowest BCUT2D eigenvalue weighted by atomic mass is 9.80. The average molecular weight is 266 g/mol. The van der Waals surface area contributed by atoms with E-state index in [4.69, 9.17) is 9.47 Å². The minimum atomic E-state index is -0.390. The van der Waals surface area contributed by atoms with Gasteiger partial charge in [0.2, 0.25) is 0 Å². The number of rotatable bonds is 4. The highest BCUT2D eigenvalue weighted by molar-refractivity contribution is 5.71. The number of fused-ring (bicyclic) bond motifs is 5. The Balaban J connectivity index is 1.53. The fourth-order valence-electron chi connectivity index (χ4n) is 4.74. The molecule has 3 heteroatoms. The summed E-state index contributed by atoms with van der Waals surface area (Å²) in [6.07, 6.45) is 6.73. The topological polar surface area (TPSA) is 35.5 Å². The first-order valence-electron chi connectivity index (χ1n) is 7.92. The van der Waals surface area contributed by atoms with E-state index in [0.717, 1.165) is 23.7 Å². The van der Waals surface area contributed by atoms with Crippen molar-refractivity contribution in [3.8, 4) is 0 Å². The van der Waals surface area contributed by atoms with Crippen LogP contribution in [0.15, 0.2) is 0 Å². The maximum absolute atomic E-state index is 11.6. The number of hydrogen-bond acceptors (Lipinski definition) is 3. The van der Waals surface area contributed by atoms with Crippen LogP contribution < -0.4 is 0 Å². The lowest BCUT2D eigenvalue weighted by molar-refractivity contribution is -0.195. The van der Waals surface area contributed by atoms with E-state index in [0.29, 0.717) is 6.10 Å². The van der Waals surface area contributed by atoms with Crippen LogP contribution in [0.2, 0.25) is 0 Å². The molecule has 0 spiro atoms. The Morgan fingerprint density at radius 1 is 1.05 bits per heavy atom. The molecule has 6 atom stereocenters. The third-order valence-electron chi connectivity index (χ3n) is 5.49. The van der Waals surface area contributed by atoms with Crippen molar-refractivity contribution in [2.24, 2.45) is 29.6 Å². The molecule has 0 aromatic heterocycles. The molecule has 0 aliphatic heterocycles. The maximum atomic E-state index is 11.6. The van der Waals surface area contributed by atoms with Gasteiger partial charge in [-0.15, -0.1) is 0 Å². The number of carbonyl (C=O) groups excluding carboxylic acids is 1. The number of esters is 1. The molecule has 0 N–H and O–H groups in total. The average Bonchev–Trinajstić information content (AvgIpc) is 2.98. The highest BCUT2D eigenvalue weighted by atomic mass is 16.7. The Hall–Kier alpha value is -0.570. The molecule has 3 rings (SSSR count). The summed E-state index contributed by atoms with van der Waals surface area (Å²) in [7, 11) is 0. The summed E-state index contributed by atoms with van der Waals surface area (Å²) < 4.78 is 11.4. The zero-order chi connectivity index (χ0) is 13.6. The first kappa shape index (κ1) is 13.4. The molecule has 3 nitrogen and oxygen atoms in total. The van der Waals surface area contributed by atoms with E-state index >= 15 is 0 Å². The summed E-state index contributed by atoms with van der Waals surface area (Å²) in [5.41, 5.74) is 0. The van der Waals surface area contributed by atoms with Gasteiger partial charge in [-0.25, -0.2) is 0 Å². The minimum absolute atomic E-state index is 0.0784. The molecule has 2 bridgehead atoms. The van der Waals surface area contributed by atoms with Crippen molar-refractivity contribution in [1.29, 1.82) is 0 Å². The third kappa shape index (κ3) is 2.42. The van der Waals surface area contributed by atoms with Crippen LogP contribution in [0.25, 0.3) is 0 Å². The van der Waals surface area contributed by atoms with Crippen LogP contribution in [0.1, 0.15) is 52.9 Å². The first-order valence-corrected chi connectivity index (χ1v) is 7.92. The molecule has 19 heavy (non-hydrogen) atoms. The summed E-state index contributed by atoms with van der Waals surface area (Å²) in [5.74, 6) is 3.27. The molecule has 0 amide bonds. The van der Waals surface area contributed by atoms with Gasteiger partial charge in [-0.1, -0.05) is 20.3 Å². The fraction of sp³-hybridized carbons (Fsp3) is 0.938. The number of carbonyl (C=O) groups is 1. The summed E-state index contributed by atoms with van der Waals surface area (Å²) in [4.78, 5) is 11.6. The van der Waals surface area contributed by atoms with Gasteiger partial charge < -0.3 is 9.47 Å². The van der Waals surface area contributed by atoms with Crippen molar-refractivity contribution >= 4 is 5.97 Å². The van der Waals surface area contributed by atoms with Gasteiger partial charge in [-0.2, -0.15) is 0 Å². The van der Waals surface area contributed by atoms with E-state index in [1.54, 1.807) is 0 Å². The quantitative estimate of drug-likeness (QED) is 0.578. The second kappa shape index (κ2) is 5.08. The number of hydrogen-bond donors (Lipinski definition) is 0. The van der Waals surface area contributed by atoms with E-state index in [2.05, 4.69) is 0 Å². The van der Waals surface area contributed by atoms with E-state index < -0.39 is 0 Å². The lowest BCUT2D eigenvalue weighted by Gasteiger charge is -2.33. The second-order valence-corrected chi connectivity index (χ2v) is 6.99. The predicted octanol–water partition coefficient (Wildman–Crippen LogP) is 3.37. The van der Waals surface area contributed by atoms with E-state index in [9.17, 15) is 4.79 Å². The summed E-state index contributed by atoms with van der Waals surface area (Å²) in [6, 6.07) is 0. The predicted molar refractivity (Wildman–Crippen MR) is 72.3 cm³/mol. The third-order valence-corrected chi connectivity index (χ3v) is 5.49. The van der Waals surface area contributed by atoms with Crippen molar-refractivity contribution in [3.63, 3.8) is 0 Å². The molecule has 0 aromatic carbocycles. The smallest absolute Gasteiger partial charge is 0.310 e. The van der Waals surface area contributed by atoms with Crippen LogP contribution in [0.3, 0.4) is 0 Å². The fourth-order valence-corrected chi connectivity index (χ4v) is 4.74. The van der Waals surface area contributed by atoms with Crippen LogP contribution >= 0.6 is 0 Å². The molecular weight excluding hydrogens is 240 g/mol. The van der Waals surface area contributed by atoms with Crippen LogP contribution in [0.4, 0.5) is 0 Å². The SMILES string of the molecule is CC(OC(=O)C(C)C)OC1CC2CC1C1CCCC21. The molecule has 0 aromatic rings. The molecule has 3 aliphatic rings. The van der Waals surface area contributed by atoms with Crippen LogP contribution in [-0.4, -0.2) is 18.4 Å². The Labute approximate surface area is 116 Å². The van der Waals surface area contributed by atoms with Crippen molar-refractivity contribution in [3.05, 3.63) is 0 Å². The molecule has 0 radical (unpaired) electrons. The highest BCUT2D eigenvalue weighted by Gasteiger charge is 2.54. The highest BCUT2D eigenvalue weighted by Crippen LogP contribution is 2.59. The number of ether oxygens (including phenoxy) is 2. The van der Waals surface area contributed by atoms with Gasteiger partial charge in [0.1, 0.15) is 0 Å². The van der Waals surface area contributed by atoms with Gasteiger partial charge in [0.15, 0.2) is 6.29 Å². The van der Waals surface area contributed by atoms with Crippen LogP contribution in [-0.2, 0) is 14.3 Å². The first-order chi connectivity index (χ1) is 9.06. The van der Waals surface area contributed by atoms with Crippen molar-refractivity contribution in [1.82, 2.24) is 0 Å². The van der Waals surface area contributed by atoms with Crippen molar-refractivity contribution < 1.29 is 14.3 Å². The molecule has 3 aliphatic carbocycles. The largest absolute Gasteiger partial charge is 0.436 e. The Morgan fingerprint density at radius 3 is 2.53 bits per heavy atom. The molecule has 0 heterocycles. The minimum Gasteiger partial charge on any atom is -0.436 e. The van der Waals surface area contributed by atoms with Gasteiger partial charge in [0.05, 0.1) is 12.0 Å². The van der Waals surface area contributed by atoms with E-state index in [-0.39, 0.29) is 18.2 Å². The lowest BCUT2D eigenvalue weighted by Crippen LogP contribution is -2.34.